The van der Waals surface area contributed by atoms with Crippen molar-refractivity contribution in [3.05, 3.63) is 58.7 Å². The van der Waals surface area contributed by atoms with Gasteiger partial charge in [0.15, 0.2) is 0 Å². The second-order valence-electron chi connectivity index (χ2n) is 8.01. The fourth-order valence-electron chi connectivity index (χ4n) is 3.55. The molecule has 1 aliphatic heterocycles. The van der Waals surface area contributed by atoms with Gasteiger partial charge in [-0.25, -0.2) is 9.50 Å². The highest BCUT2D eigenvalue weighted by Gasteiger charge is 2.36. The minimum atomic E-state index is -0.237. The lowest BCUT2D eigenvalue weighted by atomic mass is 9.97. The maximum Gasteiger partial charge on any atom is 0.319 e. The molecule has 0 fully saturated rings. The molecule has 28 heavy (non-hydrogen) atoms. The molecule has 0 bridgehead atoms. The van der Waals surface area contributed by atoms with E-state index >= 15 is 0 Å². The van der Waals surface area contributed by atoms with E-state index < -0.39 is 0 Å². The molecule has 0 saturated heterocycles. The van der Waals surface area contributed by atoms with Gasteiger partial charge in [-0.2, -0.15) is 5.10 Å². The number of hydrogen-bond donors (Lipinski definition) is 1. The molecular formula is C19H20ClN7O. The maximum atomic E-state index is 6.36. The van der Waals surface area contributed by atoms with Crippen molar-refractivity contribution in [2.45, 2.75) is 38.6 Å². The van der Waals surface area contributed by atoms with Crippen LogP contribution in [0.1, 0.15) is 49.8 Å². The third-order valence-electron chi connectivity index (χ3n) is 4.98. The molecular weight excluding hydrogens is 378 g/mol. The van der Waals surface area contributed by atoms with Crippen molar-refractivity contribution in [2.24, 2.45) is 0 Å². The van der Waals surface area contributed by atoms with Gasteiger partial charge in [0.1, 0.15) is 6.04 Å². The Kier molecular flexibility index (Phi) is 3.74. The fourth-order valence-corrected chi connectivity index (χ4v) is 3.76. The molecule has 144 valence electrons. The lowest BCUT2D eigenvalue weighted by Crippen LogP contribution is -2.37. The van der Waals surface area contributed by atoms with E-state index in [-0.39, 0.29) is 11.5 Å². The molecule has 1 atom stereocenters. The number of H-pyrrole nitrogens is 1. The van der Waals surface area contributed by atoms with Gasteiger partial charge in [-0.05, 0) is 18.2 Å². The first-order chi connectivity index (χ1) is 13.4. The summed E-state index contributed by atoms with van der Waals surface area (Å²) in [5.74, 6) is 0.604. The quantitative estimate of drug-likeness (QED) is 0.556. The zero-order valence-corrected chi connectivity index (χ0v) is 16.6. The number of imidazole rings is 1. The molecule has 0 spiro atoms. The lowest BCUT2D eigenvalue weighted by Gasteiger charge is -2.32. The van der Waals surface area contributed by atoms with Crippen LogP contribution in [0.15, 0.2) is 35.1 Å². The minimum absolute atomic E-state index is 0.218. The Labute approximate surface area is 166 Å². The molecule has 1 N–H and O–H groups in total. The standard InChI is InChI=1S/C19H20ClN7O/c1-19(2,3)17-23-24-18(28-17)26-8-6-12-15(22-10-21-12)16(26)13-9-14-11(20)5-4-7-27(14)25-13/h4-5,7,9-10,16H,6,8H2,1-3H3,(H,21,22). The maximum absolute atomic E-state index is 6.36. The van der Waals surface area contributed by atoms with Crippen molar-refractivity contribution in [3.8, 4) is 0 Å². The molecule has 4 aromatic rings. The summed E-state index contributed by atoms with van der Waals surface area (Å²) in [7, 11) is 0. The molecule has 0 amide bonds. The van der Waals surface area contributed by atoms with Crippen molar-refractivity contribution < 1.29 is 4.42 Å². The SMILES string of the molecule is CC(C)(C)c1nnc(N2CCc3[nH]cnc3C2c2cc3c(Cl)cccn3n2)o1. The summed E-state index contributed by atoms with van der Waals surface area (Å²) in [5, 5.41) is 14.0. The molecule has 5 rings (SSSR count). The number of pyridine rings is 1. The zero-order valence-electron chi connectivity index (χ0n) is 15.8. The van der Waals surface area contributed by atoms with E-state index in [2.05, 4.69) is 25.1 Å². The first-order valence-electron chi connectivity index (χ1n) is 9.18. The van der Waals surface area contributed by atoms with E-state index in [0.717, 1.165) is 29.0 Å². The number of nitrogens with zero attached hydrogens (tertiary/aromatic N) is 6. The second kappa shape index (κ2) is 6.07. The summed E-state index contributed by atoms with van der Waals surface area (Å²) in [6.45, 7) is 6.86. The van der Waals surface area contributed by atoms with Crippen LogP contribution < -0.4 is 4.90 Å². The van der Waals surface area contributed by atoms with Gasteiger partial charge in [-0.15, -0.1) is 5.10 Å². The first kappa shape index (κ1) is 17.2. The molecule has 0 saturated carbocycles. The summed E-state index contributed by atoms with van der Waals surface area (Å²) in [6, 6.07) is 5.96. The Hall–Kier alpha value is -2.87. The molecule has 9 heteroatoms. The van der Waals surface area contributed by atoms with Gasteiger partial charge in [0.05, 0.1) is 28.3 Å². The van der Waals surface area contributed by atoms with Gasteiger partial charge < -0.3 is 14.3 Å². The van der Waals surface area contributed by atoms with E-state index in [1.807, 2.05) is 45.2 Å². The van der Waals surface area contributed by atoms with Crippen molar-refractivity contribution in [3.63, 3.8) is 0 Å². The van der Waals surface area contributed by atoms with Crippen LogP contribution >= 0.6 is 11.6 Å². The van der Waals surface area contributed by atoms with Gasteiger partial charge in [0.25, 0.3) is 0 Å². The second-order valence-corrected chi connectivity index (χ2v) is 8.41. The monoisotopic (exact) mass is 397 g/mol. The van der Waals surface area contributed by atoms with E-state index in [1.54, 1.807) is 10.8 Å². The summed E-state index contributed by atoms with van der Waals surface area (Å²) >= 11 is 6.36. The van der Waals surface area contributed by atoms with Crippen LogP contribution in [-0.4, -0.2) is 36.3 Å². The van der Waals surface area contributed by atoms with Crippen molar-refractivity contribution in [1.29, 1.82) is 0 Å². The third-order valence-corrected chi connectivity index (χ3v) is 5.30. The average Bonchev–Trinajstić information content (AvgIpc) is 3.38. The summed E-state index contributed by atoms with van der Waals surface area (Å²) < 4.78 is 7.82. The highest BCUT2D eigenvalue weighted by atomic mass is 35.5. The average molecular weight is 398 g/mol. The smallest absolute Gasteiger partial charge is 0.319 e. The number of anilines is 1. The minimum Gasteiger partial charge on any atom is -0.407 e. The summed E-state index contributed by atoms with van der Waals surface area (Å²) in [6.07, 6.45) is 4.42. The number of halogens is 1. The third kappa shape index (κ3) is 2.67. The van der Waals surface area contributed by atoms with Gasteiger partial charge in [-0.1, -0.05) is 37.5 Å². The number of aromatic amines is 1. The summed E-state index contributed by atoms with van der Waals surface area (Å²) in [4.78, 5) is 9.88. The van der Waals surface area contributed by atoms with Gasteiger partial charge >= 0.3 is 6.01 Å². The molecule has 4 aromatic heterocycles. The molecule has 1 unspecified atom stereocenters. The number of aromatic nitrogens is 6. The first-order valence-corrected chi connectivity index (χ1v) is 9.56. The Bertz CT molecular complexity index is 1150. The van der Waals surface area contributed by atoms with Gasteiger partial charge in [0.2, 0.25) is 5.89 Å². The molecule has 8 nitrogen and oxygen atoms in total. The van der Waals surface area contributed by atoms with E-state index in [1.165, 1.54) is 0 Å². The van der Waals surface area contributed by atoms with Gasteiger partial charge in [0, 0.05) is 30.3 Å². The van der Waals surface area contributed by atoms with Gasteiger partial charge in [-0.3, -0.25) is 0 Å². The van der Waals surface area contributed by atoms with Crippen LogP contribution in [0.5, 0.6) is 0 Å². The lowest BCUT2D eigenvalue weighted by molar-refractivity contribution is 0.385. The van der Waals surface area contributed by atoms with Crippen LogP contribution in [0.3, 0.4) is 0 Å². The number of hydrogen-bond acceptors (Lipinski definition) is 6. The Balaban J connectivity index is 1.64. The predicted molar refractivity (Wildman–Crippen MR) is 105 cm³/mol. The topological polar surface area (TPSA) is 88.1 Å². The van der Waals surface area contributed by atoms with E-state index in [0.29, 0.717) is 23.5 Å². The Morgan fingerprint density at radius 3 is 2.89 bits per heavy atom. The molecule has 5 heterocycles. The largest absolute Gasteiger partial charge is 0.407 e. The molecule has 0 aliphatic carbocycles. The number of rotatable bonds is 2. The van der Waals surface area contributed by atoms with Crippen molar-refractivity contribution in [2.75, 3.05) is 11.4 Å². The fraction of sp³-hybridized carbons (Fsp3) is 0.368. The number of fused-ring (bicyclic) bond motifs is 2. The summed E-state index contributed by atoms with van der Waals surface area (Å²) in [5.41, 5.74) is 3.48. The van der Waals surface area contributed by atoms with Crippen LogP contribution in [0, 0.1) is 0 Å². The Morgan fingerprint density at radius 1 is 1.29 bits per heavy atom. The molecule has 1 aliphatic rings. The zero-order chi connectivity index (χ0) is 19.5. The van der Waals surface area contributed by atoms with Crippen molar-refractivity contribution >= 4 is 23.1 Å². The number of nitrogens with one attached hydrogen (secondary N) is 1. The molecule has 0 radical (unpaired) electrons. The Morgan fingerprint density at radius 2 is 2.14 bits per heavy atom. The molecule has 0 aromatic carbocycles. The van der Waals surface area contributed by atoms with Crippen LogP contribution in [0.2, 0.25) is 5.02 Å². The highest BCUT2D eigenvalue weighted by molar-refractivity contribution is 6.33. The van der Waals surface area contributed by atoms with Crippen molar-refractivity contribution in [1.82, 2.24) is 29.8 Å². The van der Waals surface area contributed by atoms with Crippen LogP contribution in [-0.2, 0) is 11.8 Å². The van der Waals surface area contributed by atoms with Crippen LogP contribution in [0.25, 0.3) is 5.52 Å². The van der Waals surface area contributed by atoms with Crippen LogP contribution in [0.4, 0.5) is 6.01 Å². The van der Waals surface area contributed by atoms with E-state index in [9.17, 15) is 0 Å². The van der Waals surface area contributed by atoms with E-state index in [4.69, 9.17) is 21.1 Å². The normalized spacial score (nSPS) is 17.3. The predicted octanol–water partition coefficient (Wildman–Crippen LogP) is 3.54. The highest BCUT2D eigenvalue weighted by Crippen LogP contribution is 2.37.